The van der Waals surface area contributed by atoms with Gasteiger partial charge in [-0.15, -0.1) is 11.3 Å². The van der Waals surface area contributed by atoms with E-state index in [4.69, 9.17) is 0 Å². The number of amides is 2. The Balaban J connectivity index is 1.66. The van der Waals surface area contributed by atoms with Crippen LogP contribution >= 0.6 is 11.3 Å². The van der Waals surface area contributed by atoms with Crippen molar-refractivity contribution in [3.05, 3.63) is 22.4 Å². The third-order valence-electron chi connectivity index (χ3n) is 5.44. The second kappa shape index (κ2) is 8.97. The number of likely N-dealkylation sites (N-methyl/N-ethyl adjacent to an activating group) is 1. The van der Waals surface area contributed by atoms with Crippen LogP contribution in [-0.4, -0.2) is 78.9 Å². The molecule has 2 aliphatic heterocycles. The van der Waals surface area contributed by atoms with Crippen molar-refractivity contribution in [2.45, 2.75) is 38.3 Å². The standard InChI is InChI=1S/C19H30N4O2S/c1-15(20-18(24)19(25)23-8-4-3-5-9-23)17(16-7-6-14-26-16)22-12-10-21(2)11-13-22/h6-7,14-15,17H,3-5,8-13H2,1-2H3,(H,20,24)/t15-,17+/m1/s1. The molecule has 2 aliphatic rings. The molecule has 0 aromatic carbocycles. The van der Waals surface area contributed by atoms with E-state index in [-0.39, 0.29) is 18.0 Å². The fourth-order valence-electron chi connectivity index (χ4n) is 3.89. The predicted molar refractivity (Wildman–Crippen MR) is 104 cm³/mol. The Labute approximate surface area is 160 Å². The number of piperidine rings is 1. The molecule has 2 amide bonds. The number of thiophene rings is 1. The van der Waals surface area contributed by atoms with E-state index in [0.29, 0.717) is 13.1 Å². The maximum absolute atomic E-state index is 12.5. The van der Waals surface area contributed by atoms with Crippen molar-refractivity contribution in [2.75, 3.05) is 46.3 Å². The van der Waals surface area contributed by atoms with Crippen molar-refractivity contribution in [2.24, 2.45) is 0 Å². The minimum absolute atomic E-state index is 0.113. The molecule has 6 nitrogen and oxygen atoms in total. The van der Waals surface area contributed by atoms with Crippen LogP contribution < -0.4 is 5.32 Å². The molecule has 1 aromatic rings. The van der Waals surface area contributed by atoms with Crippen molar-refractivity contribution in [3.63, 3.8) is 0 Å². The van der Waals surface area contributed by atoms with Crippen molar-refractivity contribution in [1.82, 2.24) is 20.0 Å². The molecule has 0 aliphatic carbocycles. The summed E-state index contributed by atoms with van der Waals surface area (Å²) in [6.07, 6.45) is 3.13. The average Bonchev–Trinajstić information content (AvgIpc) is 3.17. The fourth-order valence-corrected chi connectivity index (χ4v) is 4.85. The number of piperazine rings is 1. The third-order valence-corrected chi connectivity index (χ3v) is 6.38. The van der Waals surface area contributed by atoms with Gasteiger partial charge in [-0.25, -0.2) is 0 Å². The lowest BCUT2D eigenvalue weighted by Crippen LogP contribution is -2.53. The van der Waals surface area contributed by atoms with Crippen LogP contribution in [0, 0.1) is 0 Å². The predicted octanol–water partition coefficient (Wildman–Crippen LogP) is 1.55. The van der Waals surface area contributed by atoms with Crippen molar-refractivity contribution >= 4 is 23.2 Å². The summed E-state index contributed by atoms with van der Waals surface area (Å²) in [4.78, 5) is 32.7. The van der Waals surface area contributed by atoms with E-state index < -0.39 is 5.91 Å². The average molecular weight is 379 g/mol. The van der Waals surface area contributed by atoms with E-state index in [0.717, 1.165) is 45.4 Å². The molecule has 2 atom stereocenters. The third kappa shape index (κ3) is 4.64. The van der Waals surface area contributed by atoms with Crippen LogP contribution in [0.25, 0.3) is 0 Å². The van der Waals surface area contributed by atoms with Crippen molar-refractivity contribution in [3.8, 4) is 0 Å². The monoisotopic (exact) mass is 378 g/mol. The van der Waals surface area contributed by atoms with Gasteiger partial charge >= 0.3 is 11.8 Å². The summed E-state index contributed by atoms with van der Waals surface area (Å²) in [5.74, 6) is -0.838. The number of rotatable bonds is 4. The maximum Gasteiger partial charge on any atom is 0.311 e. The Morgan fingerprint density at radius 3 is 2.38 bits per heavy atom. The van der Waals surface area contributed by atoms with Crippen molar-refractivity contribution < 1.29 is 9.59 Å². The zero-order valence-electron chi connectivity index (χ0n) is 15.8. The number of nitrogens with one attached hydrogen (secondary N) is 1. The summed E-state index contributed by atoms with van der Waals surface area (Å²) in [7, 11) is 2.14. The molecule has 0 saturated carbocycles. The van der Waals surface area contributed by atoms with E-state index in [1.54, 1.807) is 16.2 Å². The zero-order chi connectivity index (χ0) is 18.5. The lowest BCUT2D eigenvalue weighted by atomic mass is 10.0. The number of likely N-dealkylation sites (tertiary alicyclic amines) is 1. The molecule has 3 rings (SSSR count). The van der Waals surface area contributed by atoms with Gasteiger partial charge in [-0.1, -0.05) is 6.07 Å². The van der Waals surface area contributed by atoms with E-state index >= 15 is 0 Å². The minimum Gasteiger partial charge on any atom is -0.343 e. The Hall–Kier alpha value is -1.44. The minimum atomic E-state index is -0.463. The van der Waals surface area contributed by atoms with Crippen LogP contribution in [-0.2, 0) is 9.59 Å². The number of hydrogen-bond acceptors (Lipinski definition) is 5. The van der Waals surface area contributed by atoms with Gasteiger partial charge in [-0.05, 0) is 44.7 Å². The molecule has 26 heavy (non-hydrogen) atoms. The number of hydrogen-bond donors (Lipinski definition) is 1. The molecule has 3 heterocycles. The lowest BCUT2D eigenvalue weighted by Gasteiger charge is -2.40. The number of carbonyl (C=O) groups is 2. The van der Waals surface area contributed by atoms with Crippen LogP contribution in [0.1, 0.15) is 37.1 Å². The van der Waals surface area contributed by atoms with Crippen LogP contribution in [0.15, 0.2) is 17.5 Å². The molecule has 0 bridgehead atoms. The van der Waals surface area contributed by atoms with Gasteiger partial charge in [0.15, 0.2) is 0 Å². The lowest BCUT2D eigenvalue weighted by molar-refractivity contribution is -0.147. The Bertz CT molecular complexity index is 593. The van der Waals surface area contributed by atoms with Crippen LogP contribution in [0.4, 0.5) is 0 Å². The second-order valence-electron chi connectivity index (χ2n) is 7.41. The molecular weight excluding hydrogens is 348 g/mol. The number of carbonyl (C=O) groups excluding carboxylic acids is 2. The van der Waals surface area contributed by atoms with Gasteiger partial charge in [-0.2, -0.15) is 0 Å². The van der Waals surface area contributed by atoms with Gasteiger partial charge in [0.1, 0.15) is 0 Å². The maximum atomic E-state index is 12.5. The summed E-state index contributed by atoms with van der Waals surface area (Å²) >= 11 is 1.72. The van der Waals surface area contributed by atoms with Gasteiger partial charge in [0.05, 0.1) is 6.04 Å². The van der Waals surface area contributed by atoms with Gasteiger partial charge in [0.2, 0.25) is 0 Å². The topological polar surface area (TPSA) is 55.9 Å². The first kappa shape index (κ1) is 19.3. The smallest absolute Gasteiger partial charge is 0.311 e. The molecule has 2 fully saturated rings. The van der Waals surface area contributed by atoms with Crippen LogP contribution in [0.5, 0.6) is 0 Å². The molecular formula is C19H30N4O2S. The highest BCUT2D eigenvalue weighted by Gasteiger charge is 2.32. The first-order chi connectivity index (χ1) is 12.6. The van der Waals surface area contributed by atoms with Crippen LogP contribution in [0.3, 0.4) is 0 Å². The summed E-state index contributed by atoms with van der Waals surface area (Å²) in [6.45, 7) is 7.41. The van der Waals surface area contributed by atoms with E-state index in [2.05, 4.69) is 39.7 Å². The second-order valence-corrected chi connectivity index (χ2v) is 8.39. The first-order valence-electron chi connectivity index (χ1n) is 9.62. The molecule has 0 unspecified atom stereocenters. The van der Waals surface area contributed by atoms with Gasteiger partial charge in [0.25, 0.3) is 0 Å². The van der Waals surface area contributed by atoms with Gasteiger partial charge < -0.3 is 15.1 Å². The highest BCUT2D eigenvalue weighted by atomic mass is 32.1. The molecule has 0 radical (unpaired) electrons. The molecule has 144 valence electrons. The molecule has 2 saturated heterocycles. The molecule has 1 N–H and O–H groups in total. The quantitative estimate of drug-likeness (QED) is 0.808. The summed E-state index contributed by atoms with van der Waals surface area (Å²) in [5.41, 5.74) is 0. The number of nitrogens with zero attached hydrogens (tertiary/aromatic N) is 3. The normalized spacial score (nSPS) is 22.0. The first-order valence-corrected chi connectivity index (χ1v) is 10.5. The summed E-state index contributed by atoms with van der Waals surface area (Å²) < 4.78 is 0. The van der Waals surface area contributed by atoms with E-state index in [1.807, 2.05) is 6.92 Å². The molecule has 7 heteroatoms. The fraction of sp³-hybridized carbons (Fsp3) is 0.684. The highest BCUT2D eigenvalue weighted by Crippen LogP contribution is 2.29. The van der Waals surface area contributed by atoms with Crippen molar-refractivity contribution in [1.29, 1.82) is 0 Å². The van der Waals surface area contributed by atoms with E-state index in [9.17, 15) is 9.59 Å². The summed E-state index contributed by atoms with van der Waals surface area (Å²) in [5, 5.41) is 5.07. The highest BCUT2D eigenvalue weighted by molar-refractivity contribution is 7.10. The molecule has 0 spiro atoms. The van der Waals surface area contributed by atoms with E-state index in [1.165, 1.54) is 4.88 Å². The van der Waals surface area contributed by atoms with Crippen LogP contribution in [0.2, 0.25) is 0 Å². The van der Waals surface area contributed by atoms with Gasteiger partial charge in [-0.3, -0.25) is 14.5 Å². The zero-order valence-corrected chi connectivity index (χ0v) is 16.6. The SMILES string of the molecule is C[C@@H](NC(=O)C(=O)N1CCCCC1)[C@@H](c1cccs1)N1CCN(C)CC1. The Kier molecular flexibility index (Phi) is 6.67. The Morgan fingerprint density at radius 2 is 1.77 bits per heavy atom. The Morgan fingerprint density at radius 1 is 1.08 bits per heavy atom. The van der Waals surface area contributed by atoms with Gasteiger partial charge in [0, 0.05) is 50.2 Å². The summed E-state index contributed by atoms with van der Waals surface area (Å²) in [6, 6.07) is 4.18. The largest absolute Gasteiger partial charge is 0.343 e. The molecule has 1 aromatic heterocycles.